The average Bonchev–Trinajstić information content (AvgIpc) is 3.08. The summed E-state index contributed by atoms with van der Waals surface area (Å²) in [6.07, 6.45) is 5.84. The van der Waals surface area contributed by atoms with Crippen molar-refractivity contribution >= 4 is 17.8 Å². The number of hydrogen-bond donors (Lipinski definition) is 5. The number of urea groups is 1. The molecule has 2 aliphatic rings. The minimum absolute atomic E-state index is 0.173. The van der Waals surface area contributed by atoms with Gasteiger partial charge in [-0.2, -0.15) is 0 Å². The van der Waals surface area contributed by atoms with Crippen LogP contribution in [0.1, 0.15) is 64.2 Å². The van der Waals surface area contributed by atoms with Gasteiger partial charge in [-0.05, 0) is 18.9 Å². The van der Waals surface area contributed by atoms with E-state index in [9.17, 15) is 29.7 Å². The lowest BCUT2D eigenvalue weighted by Gasteiger charge is -2.36. The molecule has 1 fully saturated rings. The number of nitrogens with two attached hydrogens (primary N) is 1. The molecular weight excluding hydrogens is 434 g/mol. The minimum Gasteiger partial charge on any atom is -0.469 e. The lowest BCUT2D eigenvalue weighted by atomic mass is 9.98. The molecule has 6 N–H and O–H groups in total. The third-order valence-corrected chi connectivity index (χ3v) is 6.06. The Kier molecular flexibility index (Phi) is 10.7. The van der Waals surface area contributed by atoms with Crippen LogP contribution in [0, 0.1) is 0 Å². The number of esters is 1. The van der Waals surface area contributed by atoms with Crippen LogP contribution < -0.4 is 11.1 Å². The quantitative estimate of drug-likeness (QED) is 0.176. The van der Waals surface area contributed by atoms with Gasteiger partial charge < -0.3 is 30.1 Å². The normalized spacial score (nSPS) is 29.2. The molecule has 0 bridgehead atoms. The van der Waals surface area contributed by atoms with Crippen LogP contribution in [-0.2, 0) is 19.1 Å². The van der Waals surface area contributed by atoms with Gasteiger partial charge in [-0.25, -0.2) is 4.79 Å². The number of ketones is 1. The third-order valence-electron chi connectivity index (χ3n) is 6.06. The third kappa shape index (κ3) is 7.47. The largest absolute Gasteiger partial charge is 0.469 e. The van der Waals surface area contributed by atoms with Gasteiger partial charge in [0.05, 0.1) is 13.7 Å². The number of carbonyl (C=O) groups excluding carboxylic acids is 3. The van der Waals surface area contributed by atoms with E-state index in [1.165, 1.54) is 19.4 Å². The van der Waals surface area contributed by atoms with Crippen molar-refractivity contribution in [3.8, 4) is 0 Å². The Morgan fingerprint density at radius 3 is 2.18 bits per heavy atom. The summed E-state index contributed by atoms with van der Waals surface area (Å²) in [6, 6.07) is -0.740. The lowest BCUT2D eigenvalue weighted by molar-refractivity contribution is -0.140. The van der Waals surface area contributed by atoms with Gasteiger partial charge in [0.2, 0.25) is 0 Å². The summed E-state index contributed by atoms with van der Waals surface area (Å²) in [6.45, 7) is -0.511. The highest BCUT2D eigenvalue weighted by atomic mass is 16.6. The SMILES string of the molecule is COC(=O)CCCCCCCCCCC(=O)C1(N)C=CN([C@@H]2O[C@H](CO)[C@@H](O)[C@@H]2O)C(=O)N1. The number of hydrogen-bond acceptors (Lipinski definition) is 9. The summed E-state index contributed by atoms with van der Waals surface area (Å²) in [5.41, 5.74) is 4.44. The summed E-state index contributed by atoms with van der Waals surface area (Å²) < 4.78 is 9.94. The van der Waals surface area contributed by atoms with Crippen LogP contribution in [0.15, 0.2) is 12.3 Å². The van der Waals surface area contributed by atoms with Gasteiger partial charge >= 0.3 is 12.0 Å². The molecule has 33 heavy (non-hydrogen) atoms. The highest BCUT2D eigenvalue weighted by molar-refractivity contribution is 5.95. The van der Waals surface area contributed by atoms with Crippen molar-refractivity contribution in [3.63, 3.8) is 0 Å². The van der Waals surface area contributed by atoms with E-state index in [2.05, 4.69) is 10.1 Å². The molecular formula is C22H37N3O8. The first kappa shape index (κ1) is 27.2. The molecule has 0 aromatic carbocycles. The van der Waals surface area contributed by atoms with Gasteiger partial charge in [-0.1, -0.05) is 38.5 Å². The van der Waals surface area contributed by atoms with Crippen molar-refractivity contribution in [3.05, 3.63) is 12.3 Å². The van der Waals surface area contributed by atoms with E-state index in [0.29, 0.717) is 12.8 Å². The van der Waals surface area contributed by atoms with Gasteiger partial charge in [0.1, 0.15) is 18.3 Å². The van der Waals surface area contributed by atoms with Crippen molar-refractivity contribution < 1.29 is 39.2 Å². The number of amides is 2. The number of carbonyl (C=O) groups is 3. The summed E-state index contributed by atoms with van der Waals surface area (Å²) in [4.78, 5) is 37.1. The van der Waals surface area contributed by atoms with Crippen molar-refractivity contribution in [2.45, 2.75) is 94.4 Å². The molecule has 2 heterocycles. The Hall–Kier alpha value is -2.05. The van der Waals surface area contributed by atoms with E-state index in [0.717, 1.165) is 49.8 Å². The maximum atomic E-state index is 12.6. The van der Waals surface area contributed by atoms with Crippen LogP contribution in [0.25, 0.3) is 0 Å². The number of Topliss-reactive ketones (excluding diaryl/α,β-unsaturated/α-hetero) is 1. The Balaban J connectivity index is 1.67. The molecule has 0 aromatic rings. The number of nitrogens with one attached hydrogen (secondary N) is 1. The molecule has 11 nitrogen and oxygen atoms in total. The molecule has 2 rings (SSSR count). The zero-order chi connectivity index (χ0) is 24.4. The highest BCUT2D eigenvalue weighted by Gasteiger charge is 2.48. The maximum absolute atomic E-state index is 12.6. The van der Waals surface area contributed by atoms with Crippen molar-refractivity contribution in [1.29, 1.82) is 0 Å². The molecule has 11 heteroatoms. The Morgan fingerprint density at radius 2 is 1.67 bits per heavy atom. The second kappa shape index (κ2) is 13.0. The van der Waals surface area contributed by atoms with Crippen LogP contribution in [0.2, 0.25) is 0 Å². The fourth-order valence-electron chi connectivity index (χ4n) is 3.95. The van der Waals surface area contributed by atoms with E-state index in [4.69, 9.17) is 10.5 Å². The zero-order valence-corrected chi connectivity index (χ0v) is 19.1. The molecule has 188 valence electrons. The molecule has 5 atom stereocenters. The standard InChI is InChI=1S/C22H37N3O8/c1-32-17(28)11-9-7-5-3-2-4-6-8-10-16(27)22(23)12-13-25(21(31)24-22)20-19(30)18(29)15(14-26)33-20/h12-13,15,18-20,26,29-30H,2-11,14,23H2,1H3,(H,24,31)/t15-,18-,19+,20-,22?/m1/s1. The molecule has 0 aliphatic carbocycles. The first-order chi connectivity index (χ1) is 15.7. The smallest absolute Gasteiger partial charge is 0.325 e. The number of methoxy groups -OCH3 is 1. The molecule has 0 radical (unpaired) electrons. The predicted molar refractivity (Wildman–Crippen MR) is 117 cm³/mol. The van der Waals surface area contributed by atoms with Crippen LogP contribution in [0.3, 0.4) is 0 Å². The van der Waals surface area contributed by atoms with Crippen molar-refractivity contribution in [2.75, 3.05) is 13.7 Å². The Bertz CT molecular complexity index is 703. The fourth-order valence-corrected chi connectivity index (χ4v) is 3.95. The summed E-state index contributed by atoms with van der Waals surface area (Å²) in [5, 5.41) is 31.6. The van der Waals surface area contributed by atoms with E-state index in [-0.39, 0.29) is 18.2 Å². The number of ether oxygens (including phenoxy) is 2. The Morgan fingerprint density at radius 1 is 1.09 bits per heavy atom. The first-order valence-electron chi connectivity index (χ1n) is 11.5. The maximum Gasteiger partial charge on any atom is 0.325 e. The van der Waals surface area contributed by atoms with E-state index in [1.54, 1.807) is 0 Å². The molecule has 0 saturated carbocycles. The monoisotopic (exact) mass is 471 g/mol. The molecule has 1 saturated heterocycles. The van der Waals surface area contributed by atoms with E-state index < -0.39 is 42.8 Å². The fraction of sp³-hybridized carbons (Fsp3) is 0.773. The number of aliphatic hydroxyl groups excluding tert-OH is 3. The lowest BCUT2D eigenvalue weighted by Crippen LogP contribution is -2.66. The minimum atomic E-state index is -1.65. The van der Waals surface area contributed by atoms with Crippen LogP contribution >= 0.6 is 0 Å². The molecule has 1 unspecified atom stereocenters. The predicted octanol–water partition coefficient (Wildman–Crippen LogP) is 0.262. The van der Waals surface area contributed by atoms with E-state index in [1.807, 2.05) is 0 Å². The molecule has 0 spiro atoms. The van der Waals surface area contributed by atoms with Gasteiger partial charge in [-0.15, -0.1) is 0 Å². The second-order valence-corrected chi connectivity index (χ2v) is 8.58. The number of aliphatic hydroxyl groups is 3. The van der Waals surface area contributed by atoms with Crippen LogP contribution in [0.5, 0.6) is 0 Å². The van der Waals surface area contributed by atoms with Crippen LogP contribution in [-0.4, -0.2) is 81.9 Å². The number of rotatable bonds is 14. The summed E-state index contributed by atoms with van der Waals surface area (Å²) in [7, 11) is 1.39. The molecule has 2 amide bonds. The van der Waals surface area contributed by atoms with Gasteiger partial charge in [0, 0.05) is 19.0 Å². The zero-order valence-electron chi connectivity index (χ0n) is 19.1. The van der Waals surface area contributed by atoms with E-state index >= 15 is 0 Å². The highest BCUT2D eigenvalue weighted by Crippen LogP contribution is 2.26. The van der Waals surface area contributed by atoms with Crippen molar-refractivity contribution in [2.24, 2.45) is 5.73 Å². The van der Waals surface area contributed by atoms with Crippen molar-refractivity contribution in [1.82, 2.24) is 10.2 Å². The van der Waals surface area contributed by atoms with Gasteiger partial charge in [0.15, 0.2) is 17.7 Å². The first-order valence-corrected chi connectivity index (χ1v) is 11.5. The molecule has 0 aromatic heterocycles. The topological polar surface area (TPSA) is 172 Å². The average molecular weight is 472 g/mol. The number of unbranched alkanes of at least 4 members (excludes halogenated alkanes) is 7. The summed E-state index contributed by atoms with van der Waals surface area (Å²) >= 11 is 0. The summed E-state index contributed by atoms with van der Waals surface area (Å²) in [5.74, 6) is -0.497. The van der Waals surface area contributed by atoms with Gasteiger partial charge in [-0.3, -0.25) is 20.2 Å². The van der Waals surface area contributed by atoms with Crippen LogP contribution in [0.4, 0.5) is 4.79 Å². The second-order valence-electron chi connectivity index (χ2n) is 8.58. The van der Waals surface area contributed by atoms with Gasteiger partial charge in [0.25, 0.3) is 0 Å². The number of nitrogens with zero attached hydrogens (tertiary/aromatic N) is 1. The molecule has 2 aliphatic heterocycles. The Labute approximate surface area is 193 Å².